The molecule has 1 heterocycles. The maximum atomic E-state index is 15.1. The summed E-state index contributed by atoms with van der Waals surface area (Å²) in [4.78, 5) is 16.1. The molecule has 0 aromatic heterocycles. The molecule has 2 atom stereocenters. The lowest BCUT2D eigenvalue weighted by molar-refractivity contribution is -0.148. The highest BCUT2D eigenvalue weighted by molar-refractivity contribution is 7.99. The van der Waals surface area contributed by atoms with Crippen LogP contribution < -0.4 is 10.0 Å². The number of thioether (sulfide) groups is 1. The molecule has 1 fully saturated rings. The fraction of sp³-hybridized carbons (Fsp3) is 0.480. The van der Waals surface area contributed by atoms with Gasteiger partial charge in [0.2, 0.25) is 0 Å². The number of anilines is 1. The molecule has 2 aromatic carbocycles. The molecular formula is C25H32ClF2N3O2S2. The highest BCUT2D eigenvalue weighted by Crippen LogP contribution is 2.33. The molecular weight excluding hydrogens is 512 g/mol. The molecule has 1 saturated heterocycles. The number of rotatable bonds is 11. The SMILES string of the molecule is CN(C)CCC(CSc1ccc(F)cc1)Nc1c(F)cc(SNC(=O)C2(C)CCCCO2)cc1Cl. The fourth-order valence-electron chi connectivity index (χ4n) is 3.62. The molecule has 3 rings (SSSR count). The van der Waals surface area contributed by atoms with E-state index in [4.69, 9.17) is 16.3 Å². The predicted octanol–water partition coefficient (Wildman–Crippen LogP) is 6.23. The third-order valence-corrected chi connectivity index (χ3v) is 8.00. The largest absolute Gasteiger partial charge is 0.378 e. The Hall–Kier alpha value is -1.52. The van der Waals surface area contributed by atoms with Gasteiger partial charge in [-0.15, -0.1) is 11.8 Å². The van der Waals surface area contributed by atoms with Crippen LogP contribution in [0.25, 0.3) is 0 Å². The Bertz CT molecular complexity index is 966. The first-order valence-corrected chi connectivity index (χ1v) is 13.7. The van der Waals surface area contributed by atoms with Gasteiger partial charge in [-0.3, -0.25) is 9.52 Å². The van der Waals surface area contributed by atoms with E-state index in [0.717, 1.165) is 42.7 Å². The fourth-order valence-corrected chi connectivity index (χ4v) is 5.68. The number of carbonyl (C=O) groups is 1. The van der Waals surface area contributed by atoms with E-state index >= 15 is 4.39 Å². The van der Waals surface area contributed by atoms with Gasteiger partial charge < -0.3 is 15.0 Å². The first-order valence-electron chi connectivity index (χ1n) is 11.6. The lowest BCUT2D eigenvalue weighted by Gasteiger charge is -2.32. The van der Waals surface area contributed by atoms with E-state index in [1.165, 1.54) is 18.2 Å². The lowest BCUT2D eigenvalue weighted by atomic mass is 9.95. The van der Waals surface area contributed by atoms with Gasteiger partial charge in [0.25, 0.3) is 5.91 Å². The van der Waals surface area contributed by atoms with E-state index in [1.54, 1.807) is 36.9 Å². The summed E-state index contributed by atoms with van der Waals surface area (Å²) in [5, 5.41) is 3.50. The molecule has 1 aliphatic heterocycles. The summed E-state index contributed by atoms with van der Waals surface area (Å²) in [5.74, 6) is -0.348. The number of amides is 1. The highest BCUT2D eigenvalue weighted by atomic mass is 35.5. The van der Waals surface area contributed by atoms with Crippen LogP contribution >= 0.6 is 35.3 Å². The first kappa shape index (κ1) is 28.1. The highest BCUT2D eigenvalue weighted by Gasteiger charge is 2.36. The smallest absolute Gasteiger partial charge is 0.262 e. The molecule has 10 heteroatoms. The molecule has 2 aromatic rings. The van der Waals surface area contributed by atoms with Crippen LogP contribution in [0.2, 0.25) is 5.02 Å². The molecule has 0 saturated carbocycles. The Kier molecular flexibility index (Phi) is 10.5. The lowest BCUT2D eigenvalue weighted by Crippen LogP contribution is -2.46. The van der Waals surface area contributed by atoms with Gasteiger partial charge in [0, 0.05) is 28.2 Å². The summed E-state index contributed by atoms with van der Waals surface area (Å²) in [6.07, 6.45) is 3.30. The van der Waals surface area contributed by atoms with Crippen molar-refractivity contribution in [3.63, 3.8) is 0 Å². The second-order valence-corrected chi connectivity index (χ2v) is 11.4. The minimum absolute atomic E-state index is 0.0685. The average Bonchev–Trinajstić information content (AvgIpc) is 2.82. The van der Waals surface area contributed by atoms with E-state index in [0.29, 0.717) is 23.7 Å². The molecule has 0 radical (unpaired) electrons. The van der Waals surface area contributed by atoms with Crippen LogP contribution in [0.5, 0.6) is 0 Å². The molecule has 0 bridgehead atoms. The number of hydrogen-bond donors (Lipinski definition) is 2. The minimum atomic E-state index is -0.864. The van der Waals surface area contributed by atoms with Crippen LogP contribution in [0.4, 0.5) is 14.5 Å². The van der Waals surface area contributed by atoms with Crippen LogP contribution in [0.3, 0.4) is 0 Å². The van der Waals surface area contributed by atoms with Gasteiger partial charge in [-0.05, 0) is 102 Å². The standard InChI is InChI=1S/C25H32ClF2N3O2S2/c1-25(11-4-5-13-33-25)24(32)30-35-20-14-21(26)23(22(28)15-20)29-18(10-12-31(2)3)16-34-19-8-6-17(27)7-9-19/h6-9,14-15,18,29H,4-5,10-13,16H2,1-3H3,(H,30,32). The zero-order valence-corrected chi connectivity index (χ0v) is 22.6. The van der Waals surface area contributed by atoms with Crippen molar-refractivity contribution in [2.75, 3.05) is 38.3 Å². The average molecular weight is 544 g/mol. The summed E-state index contributed by atoms with van der Waals surface area (Å²) in [7, 11) is 3.97. The van der Waals surface area contributed by atoms with Gasteiger partial charge in [-0.1, -0.05) is 11.6 Å². The van der Waals surface area contributed by atoms with Crippen molar-refractivity contribution >= 4 is 46.9 Å². The van der Waals surface area contributed by atoms with Crippen molar-refractivity contribution in [1.29, 1.82) is 0 Å². The number of ether oxygens (including phenoxy) is 1. The van der Waals surface area contributed by atoms with Crippen molar-refractivity contribution in [3.05, 3.63) is 53.1 Å². The third kappa shape index (κ3) is 8.53. The number of nitrogens with one attached hydrogen (secondary N) is 2. The maximum Gasteiger partial charge on any atom is 0.262 e. The monoisotopic (exact) mass is 543 g/mol. The van der Waals surface area contributed by atoms with Gasteiger partial charge >= 0.3 is 0 Å². The Balaban J connectivity index is 1.64. The minimum Gasteiger partial charge on any atom is -0.378 e. The van der Waals surface area contributed by atoms with Gasteiger partial charge in [-0.25, -0.2) is 8.78 Å². The van der Waals surface area contributed by atoms with Crippen LogP contribution in [-0.4, -0.2) is 55.4 Å². The van der Waals surface area contributed by atoms with Gasteiger partial charge in [0.15, 0.2) is 0 Å². The van der Waals surface area contributed by atoms with E-state index in [1.807, 2.05) is 14.1 Å². The zero-order valence-electron chi connectivity index (χ0n) is 20.2. The van der Waals surface area contributed by atoms with Crippen molar-refractivity contribution in [2.24, 2.45) is 0 Å². The number of halogens is 3. The van der Waals surface area contributed by atoms with E-state index in [-0.39, 0.29) is 28.5 Å². The van der Waals surface area contributed by atoms with Gasteiger partial charge in [-0.2, -0.15) is 0 Å². The van der Waals surface area contributed by atoms with E-state index in [9.17, 15) is 9.18 Å². The van der Waals surface area contributed by atoms with E-state index < -0.39 is 11.4 Å². The Labute approximate surface area is 219 Å². The van der Waals surface area contributed by atoms with Crippen molar-refractivity contribution < 1.29 is 18.3 Å². The van der Waals surface area contributed by atoms with Gasteiger partial charge in [0.05, 0.1) is 10.7 Å². The zero-order chi connectivity index (χ0) is 25.4. The quantitative estimate of drug-likeness (QED) is 0.259. The molecule has 1 amide bonds. The Morgan fingerprint density at radius 1 is 1.20 bits per heavy atom. The number of nitrogens with zero attached hydrogens (tertiary/aromatic N) is 1. The summed E-state index contributed by atoms with van der Waals surface area (Å²) in [6, 6.07) is 9.25. The summed E-state index contributed by atoms with van der Waals surface area (Å²) in [5.41, 5.74) is -0.634. The molecule has 35 heavy (non-hydrogen) atoms. The summed E-state index contributed by atoms with van der Waals surface area (Å²) < 4.78 is 36.7. The number of hydrogen-bond acceptors (Lipinski definition) is 6. The summed E-state index contributed by atoms with van der Waals surface area (Å²) >= 11 is 9.05. The molecule has 2 unspecified atom stereocenters. The molecule has 192 valence electrons. The van der Waals surface area contributed by atoms with Crippen molar-refractivity contribution in [2.45, 2.75) is 54.0 Å². The summed E-state index contributed by atoms with van der Waals surface area (Å²) in [6.45, 7) is 3.14. The molecule has 0 aliphatic carbocycles. The Morgan fingerprint density at radius 2 is 1.94 bits per heavy atom. The van der Waals surface area contributed by atoms with Crippen LogP contribution in [-0.2, 0) is 9.53 Å². The second kappa shape index (κ2) is 13.1. The number of benzene rings is 2. The molecule has 5 nitrogen and oxygen atoms in total. The van der Waals surface area contributed by atoms with Gasteiger partial charge in [0.1, 0.15) is 17.2 Å². The first-order chi connectivity index (χ1) is 16.7. The van der Waals surface area contributed by atoms with Crippen molar-refractivity contribution in [3.8, 4) is 0 Å². The normalized spacial score (nSPS) is 18.9. The molecule has 2 N–H and O–H groups in total. The topological polar surface area (TPSA) is 53.6 Å². The van der Waals surface area contributed by atoms with E-state index in [2.05, 4.69) is 14.9 Å². The van der Waals surface area contributed by atoms with Crippen LogP contribution in [0, 0.1) is 11.6 Å². The second-order valence-electron chi connectivity index (χ2n) is 9.03. The third-order valence-electron chi connectivity index (χ3n) is 5.76. The molecule has 1 aliphatic rings. The van der Waals surface area contributed by atoms with Crippen LogP contribution in [0.15, 0.2) is 46.2 Å². The molecule has 0 spiro atoms. The maximum absolute atomic E-state index is 15.1. The van der Waals surface area contributed by atoms with Crippen LogP contribution in [0.1, 0.15) is 32.6 Å². The Morgan fingerprint density at radius 3 is 2.57 bits per heavy atom. The van der Waals surface area contributed by atoms with Crippen molar-refractivity contribution in [1.82, 2.24) is 9.62 Å². The predicted molar refractivity (Wildman–Crippen MR) is 141 cm³/mol. The number of carbonyl (C=O) groups excluding carboxylic acids is 1.